The number of nitrogens with two attached hydrogens (primary N) is 1. The van der Waals surface area contributed by atoms with Gasteiger partial charge in [-0.15, -0.1) is 0 Å². The Bertz CT molecular complexity index is 645. The predicted molar refractivity (Wildman–Crippen MR) is 91.8 cm³/mol. The molecule has 2 aromatic rings. The van der Waals surface area contributed by atoms with Gasteiger partial charge < -0.3 is 10.8 Å². The lowest BCUT2D eigenvalue weighted by atomic mass is 9.88. The number of hydrogen-bond acceptors (Lipinski definition) is 2. The van der Waals surface area contributed by atoms with Crippen molar-refractivity contribution >= 4 is 27.5 Å². The first-order chi connectivity index (χ1) is 9.93. The maximum Gasteiger partial charge on any atom is 0.0885 e. The molecule has 0 aromatic heterocycles. The zero-order chi connectivity index (χ0) is 15.6. The van der Waals surface area contributed by atoms with Gasteiger partial charge in [-0.1, -0.05) is 51.8 Å². The van der Waals surface area contributed by atoms with Crippen LogP contribution in [0.15, 0.2) is 40.9 Å². The Morgan fingerprint density at radius 2 is 1.86 bits per heavy atom. The molecule has 0 bridgehead atoms. The second-order valence-corrected chi connectivity index (χ2v) is 6.62. The van der Waals surface area contributed by atoms with Crippen molar-refractivity contribution in [2.24, 2.45) is 5.73 Å². The molecule has 0 radical (unpaired) electrons. The number of rotatable bonds is 4. The predicted octanol–water partition coefficient (Wildman–Crippen LogP) is 4.50. The molecule has 0 aliphatic carbocycles. The van der Waals surface area contributed by atoms with Crippen molar-refractivity contribution < 1.29 is 5.11 Å². The number of benzene rings is 2. The van der Waals surface area contributed by atoms with E-state index >= 15 is 0 Å². The largest absolute Gasteiger partial charge is 0.388 e. The highest BCUT2D eigenvalue weighted by Gasteiger charge is 2.23. The van der Waals surface area contributed by atoms with Crippen LogP contribution in [0.3, 0.4) is 0 Å². The molecule has 4 heteroatoms. The minimum absolute atomic E-state index is 0.178. The summed E-state index contributed by atoms with van der Waals surface area (Å²) < 4.78 is 0.888. The SMILES string of the molecule is Cc1ccc(C(CN)C(O)c2ccc(Br)cc2Cl)cc1C. The van der Waals surface area contributed by atoms with Crippen molar-refractivity contribution in [2.75, 3.05) is 6.54 Å². The van der Waals surface area contributed by atoms with Gasteiger partial charge in [0.25, 0.3) is 0 Å². The molecule has 0 spiro atoms. The molecule has 0 saturated heterocycles. The summed E-state index contributed by atoms with van der Waals surface area (Å²) >= 11 is 9.61. The lowest BCUT2D eigenvalue weighted by Gasteiger charge is -2.24. The van der Waals surface area contributed by atoms with Crippen molar-refractivity contribution in [3.63, 3.8) is 0 Å². The second kappa shape index (κ2) is 6.93. The normalized spacial score (nSPS) is 14.0. The van der Waals surface area contributed by atoms with Crippen LogP contribution in [0.2, 0.25) is 5.02 Å². The summed E-state index contributed by atoms with van der Waals surface area (Å²) in [5, 5.41) is 11.2. The van der Waals surface area contributed by atoms with Crippen LogP contribution in [-0.4, -0.2) is 11.7 Å². The van der Waals surface area contributed by atoms with Gasteiger partial charge in [0, 0.05) is 22.0 Å². The third-order valence-electron chi connectivity index (χ3n) is 3.88. The highest BCUT2D eigenvalue weighted by atomic mass is 79.9. The van der Waals surface area contributed by atoms with Gasteiger partial charge in [0.05, 0.1) is 6.10 Å². The topological polar surface area (TPSA) is 46.2 Å². The zero-order valence-electron chi connectivity index (χ0n) is 12.1. The summed E-state index contributed by atoms with van der Waals surface area (Å²) in [6.07, 6.45) is -0.724. The first-order valence-electron chi connectivity index (χ1n) is 6.84. The van der Waals surface area contributed by atoms with E-state index in [0.717, 1.165) is 10.0 Å². The average molecular weight is 369 g/mol. The van der Waals surface area contributed by atoms with Gasteiger partial charge >= 0.3 is 0 Å². The van der Waals surface area contributed by atoms with E-state index in [1.165, 1.54) is 11.1 Å². The number of halogens is 2. The van der Waals surface area contributed by atoms with Crippen LogP contribution in [-0.2, 0) is 0 Å². The fourth-order valence-electron chi connectivity index (χ4n) is 2.40. The van der Waals surface area contributed by atoms with Crippen LogP contribution in [0.4, 0.5) is 0 Å². The summed E-state index contributed by atoms with van der Waals surface area (Å²) in [6, 6.07) is 11.7. The molecule has 0 aliphatic heterocycles. The summed E-state index contributed by atoms with van der Waals surface area (Å²) in [4.78, 5) is 0. The zero-order valence-corrected chi connectivity index (χ0v) is 14.4. The number of aliphatic hydroxyl groups excluding tert-OH is 1. The van der Waals surface area contributed by atoms with Crippen LogP contribution in [0.25, 0.3) is 0 Å². The van der Waals surface area contributed by atoms with E-state index in [9.17, 15) is 5.11 Å². The summed E-state index contributed by atoms with van der Waals surface area (Å²) in [6.45, 7) is 4.49. The fourth-order valence-corrected chi connectivity index (χ4v) is 3.19. The van der Waals surface area contributed by atoms with Gasteiger partial charge in [0.1, 0.15) is 0 Å². The third kappa shape index (κ3) is 3.67. The van der Waals surface area contributed by atoms with Gasteiger partial charge in [0.2, 0.25) is 0 Å². The van der Waals surface area contributed by atoms with E-state index in [2.05, 4.69) is 41.9 Å². The van der Waals surface area contributed by atoms with E-state index in [4.69, 9.17) is 17.3 Å². The van der Waals surface area contributed by atoms with Crippen LogP contribution in [0, 0.1) is 13.8 Å². The Hall–Kier alpha value is -0.870. The van der Waals surface area contributed by atoms with E-state index in [1.54, 1.807) is 6.07 Å². The summed E-state index contributed by atoms with van der Waals surface area (Å²) in [5.41, 5.74) is 10.1. The average Bonchev–Trinajstić information content (AvgIpc) is 2.43. The number of aryl methyl sites for hydroxylation is 2. The first kappa shape index (κ1) is 16.5. The van der Waals surface area contributed by atoms with E-state index in [-0.39, 0.29) is 5.92 Å². The molecule has 0 aliphatic rings. The Kier molecular flexibility index (Phi) is 5.44. The monoisotopic (exact) mass is 367 g/mol. The molecule has 3 N–H and O–H groups in total. The Morgan fingerprint density at radius 1 is 1.14 bits per heavy atom. The lowest BCUT2D eigenvalue weighted by Crippen LogP contribution is -2.20. The Morgan fingerprint density at radius 3 is 2.43 bits per heavy atom. The molecule has 21 heavy (non-hydrogen) atoms. The third-order valence-corrected chi connectivity index (χ3v) is 4.70. The number of aliphatic hydroxyl groups is 1. The van der Waals surface area contributed by atoms with Crippen molar-refractivity contribution in [1.82, 2.24) is 0 Å². The second-order valence-electron chi connectivity index (χ2n) is 5.30. The van der Waals surface area contributed by atoms with Crippen molar-refractivity contribution in [3.05, 3.63) is 68.1 Å². The highest BCUT2D eigenvalue weighted by Crippen LogP contribution is 2.35. The minimum Gasteiger partial charge on any atom is -0.388 e. The molecular weight excluding hydrogens is 350 g/mol. The van der Waals surface area contributed by atoms with E-state index in [0.29, 0.717) is 17.1 Å². The molecule has 2 nitrogen and oxygen atoms in total. The maximum absolute atomic E-state index is 10.7. The molecular formula is C17H19BrClNO. The smallest absolute Gasteiger partial charge is 0.0885 e. The van der Waals surface area contributed by atoms with Crippen LogP contribution in [0.1, 0.15) is 34.3 Å². The highest BCUT2D eigenvalue weighted by molar-refractivity contribution is 9.10. The van der Waals surface area contributed by atoms with Crippen LogP contribution >= 0.6 is 27.5 Å². The molecule has 0 fully saturated rings. The molecule has 2 atom stereocenters. The van der Waals surface area contributed by atoms with Gasteiger partial charge in [-0.2, -0.15) is 0 Å². The molecule has 0 amide bonds. The Balaban J connectivity index is 2.37. The first-order valence-corrected chi connectivity index (χ1v) is 8.01. The van der Waals surface area contributed by atoms with Gasteiger partial charge in [-0.3, -0.25) is 0 Å². The molecule has 112 valence electrons. The van der Waals surface area contributed by atoms with Crippen LogP contribution in [0.5, 0.6) is 0 Å². The molecule has 2 rings (SSSR count). The van der Waals surface area contributed by atoms with Crippen molar-refractivity contribution in [2.45, 2.75) is 25.9 Å². The van der Waals surface area contributed by atoms with Crippen molar-refractivity contribution in [3.8, 4) is 0 Å². The van der Waals surface area contributed by atoms with E-state index < -0.39 is 6.10 Å². The molecule has 2 unspecified atom stereocenters. The Labute approximate surface area is 139 Å². The fraction of sp³-hybridized carbons (Fsp3) is 0.294. The maximum atomic E-state index is 10.7. The van der Waals surface area contributed by atoms with Gasteiger partial charge in [-0.05, 0) is 48.2 Å². The summed E-state index contributed by atoms with van der Waals surface area (Å²) in [7, 11) is 0. The molecule has 0 heterocycles. The van der Waals surface area contributed by atoms with Gasteiger partial charge in [0.15, 0.2) is 0 Å². The molecule has 0 saturated carbocycles. The van der Waals surface area contributed by atoms with Crippen LogP contribution < -0.4 is 5.73 Å². The molecule has 2 aromatic carbocycles. The number of hydrogen-bond donors (Lipinski definition) is 2. The van der Waals surface area contributed by atoms with E-state index in [1.807, 2.05) is 18.2 Å². The standard InChI is InChI=1S/C17H19BrClNO/c1-10-3-4-12(7-11(10)2)15(9-20)17(21)14-6-5-13(18)8-16(14)19/h3-8,15,17,21H,9,20H2,1-2H3. The lowest BCUT2D eigenvalue weighted by molar-refractivity contribution is 0.147. The summed E-state index contributed by atoms with van der Waals surface area (Å²) in [5.74, 6) is -0.178. The van der Waals surface area contributed by atoms with Gasteiger partial charge in [-0.25, -0.2) is 0 Å². The minimum atomic E-state index is -0.724. The van der Waals surface area contributed by atoms with Crippen molar-refractivity contribution in [1.29, 1.82) is 0 Å². The quantitative estimate of drug-likeness (QED) is 0.835.